The molecule has 3 aromatic carbocycles. The third-order valence-electron chi connectivity index (χ3n) is 13.9. The molecule has 3 fully saturated rings. The van der Waals surface area contributed by atoms with Crippen LogP contribution in [0, 0.1) is 11.7 Å². The monoisotopic (exact) mass is 962 g/mol. The molecule has 3 aliphatic heterocycles. The van der Waals surface area contributed by atoms with Gasteiger partial charge in [0.2, 0.25) is 11.8 Å². The molecule has 17 nitrogen and oxygen atoms in total. The molecule has 0 unspecified atom stereocenters. The Bertz CT molecular complexity index is 2910. The number of piperidine rings is 1. The fourth-order valence-corrected chi connectivity index (χ4v) is 9.67. The van der Waals surface area contributed by atoms with Crippen LogP contribution in [0.2, 0.25) is 0 Å². The zero-order valence-electron chi connectivity index (χ0n) is 40.0. The summed E-state index contributed by atoms with van der Waals surface area (Å²) in [5.41, 5.74) is 5.30. The van der Waals surface area contributed by atoms with Crippen LogP contribution < -0.4 is 16.2 Å². The van der Waals surface area contributed by atoms with Crippen LogP contribution in [-0.2, 0) is 29.0 Å². The van der Waals surface area contributed by atoms with Crippen LogP contribution in [-0.4, -0.2) is 158 Å². The van der Waals surface area contributed by atoms with E-state index in [2.05, 4.69) is 64.6 Å². The molecule has 3 saturated heterocycles. The first-order chi connectivity index (χ1) is 34.6. The van der Waals surface area contributed by atoms with E-state index >= 15 is 4.39 Å². The maximum absolute atomic E-state index is 15.1. The second-order valence-corrected chi connectivity index (χ2v) is 18.5. The van der Waals surface area contributed by atoms with E-state index in [4.69, 9.17) is 0 Å². The molecule has 0 bridgehead atoms. The maximum atomic E-state index is 15.1. The second-order valence-electron chi connectivity index (χ2n) is 18.5. The number of aromatic nitrogens is 5. The molecule has 4 amide bonds. The number of nitrogens with one attached hydrogen (secondary N) is 3. The molecule has 0 aliphatic carbocycles. The summed E-state index contributed by atoms with van der Waals surface area (Å²) in [6, 6.07) is 23.4. The van der Waals surface area contributed by atoms with Crippen molar-refractivity contribution in [2.45, 2.75) is 39.2 Å². The first-order valence-electron chi connectivity index (χ1n) is 24.5. The zero-order chi connectivity index (χ0) is 49.3. The number of aryl methyl sites for hydroxylation is 1. The molecule has 3 N–H and O–H groups in total. The van der Waals surface area contributed by atoms with Gasteiger partial charge >= 0.3 is 0 Å². The van der Waals surface area contributed by atoms with E-state index in [9.17, 15) is 24.0 Å². The van der Waals surface area contributed by atoms with Crippen LogP contribution in [0.3, 0.4) is 0 Å². The number of pyridine rings is 1. The topological polar surface area (TPSA) is 193 Å². The van der Waals surface area contributed by atoms with Gasteiger partial charge in [-0.2, -0.15) is 5.10 Å². The number of hydrogen-bond donors (Lipinski definition) is 3. The van der Waals surface area contributed by atoms with Gasteiger partial charge in [0.25, 0.3) is 17.4 Å². The molecule has 6 aromatic rings. The summed E-state index contributed by atoms with van der Waals surface area (Å²) in [6.45, 7) is 9.44. The summed E-state index contributed by atoms with van der Waals surface area (Å²) in [5.74, 6) is -1.11. The van der Waals surface area contributed by atoms with Crippen LogP contribution in [0.4, 0.5) is 10.1 Å². The minimum atomic E-state index is -0.613. The van der Waals surface area contributed by atoms with E-state index in [0.29, 0.717) is 92.4 Å². The standard InChI is InChI=1S/C53H59FN12O5/c1-2-36-7-10-39(11-8-36)40-29-47(59-48(67)32-56-31-41-13-16-55-35-58-41)50(57-30-40)53(71)65-17-14-37(15-18-65)33-62-19-21-63(22-20-62)34-49(68)64-23-25-66(26-24-64)52(70)44-27-38(9-12-45(44)54)28-46-42-5-3-4-6-43(42)51(69)61-60-46/h3-13,16,27,29-30,35,37,56H,2,14-15,17-26,28,31-34H2,1H3,(H,59,67)(H,61,69). The highest BCUT2D eigenvalue weighted by Gasteiger charge is 2.31. The van der Waals surface area contributed by atoms with Crippen LogP contribution in [0.25, 0.3) is 21.9 Å². The summed E-state index contributed by atoms with van der Waals surface area (Å²) in [7, 11) is 0. The van der Waals surface area contributed by atoms with Crippen LogP contribution in [0.5, 0.6) is 0 Å². The van der Waals surface area contributed by atoms with Crippen LogP contribution in [0.15, 0.2) is 102 Å². The molecular weight excluding hydrogens is 904 g/mol. The lowest BCUT2D eigenvalue weighted by molar-refractivity contribution is -0.134. The molecular formula is C53H59FN12O5. The SMILES string of the molecule is CCc1ccc(-c2cnc(C(=O)N3CCC(CN4CCN(CC(=O)N5CCN(C(=O)c6cc(Cc7n[nH]c(=O)c8ccccc78)ccc6F)CC5)CC4)CC3)c(NC(=O)CNCc3ccncn3)c2)cc1. The predicted molar refractivity (Wildman–Crippen MR) is 267 cm³/mol. The molecule has 0 spiro atoms. The quantitative estimate of drug-likeness (QED) is 0.133. The van der Waals surface area contributed by atoms with Crippen molar-refractivity contribution in [2.75, 3.05) is 90.4 Å². The first kappa shape index (κ1) is 48.7. The van der Waals surface area contributed by atoms with Gasteiger partial charge in [-0.25, -0.2) is 24.4 Å². The Hall–Kier alpha value is -7.28. The summed E-state index contributed by atoms with van der Waals surface area (Å²) >= 11 is 0. The highest BCUT2D eigenvalue weighted by Crippen LogP contribution is 2.28. The highest BCUT2D eigenvalue weighted by molar-refractivity contribution is 6.03. The van der Waals surface area contributed by atoms with Crippen molar-refractivity contribution in [3.8, 4) is 11.1 Å². The molecule has 0 atom stereocenters. The Labute approximate surface area is 411 Å². The normalized spacial score (nSPS) is 16.1. The number of carbonyl (C=O) groups excluding carboxylic acids is 4. The van der Waals surface area contributed by atoms with Crippen molar-refractivity contribution in [1.82, 2.24) is 55.0 Å². The number of amides is 4. The number of nitrogens with zero attached hydrogens (tertiary/aromatic N) is 9. The number of rotatable bonds is 15. The summed E-state index contributed by atoms with van der Waals surface area (Å²) in [6.07, 6.45) is 7.73. The van der Waals surface area contributed by atoms with Crippen LogP contribution in [0.1, 0.15) is 63.1 Å². The first-order valence-corrected chi connectivity index (χ1v) is 24.5. The minimum Gasteiger partial charge on any atom is -0.338 e. The summed E-state index contributed by atoms with van der Waals surface area (Å²) in [4.78, 5) is 89.2. The number of likely N-dealkylation sites (tertiary alicyclic amines) is 1. The fourth-order valence-electron chi connectivity index (χ4n) is 9.67. The molecule has 6 heterocycles. The van der Waals surface area contributed by atoms with Gasteiger partial charge in [-0.3, -0.25) is 28.9 Å². The molecule has 9 rings (SSSR count). The average Bonchev–Trinajstić information content (AvgIpc) is 3.41. The van der Waals surface area contributed by atoms with Crippen molar-refractivity contribution < 1.29 is 23.6 Å². The lowest BCUT2D eigenvalue weighted by atomic mass is 9.95. The van der Waals surface area contributed by atoms with Gasteiger partial charge in [0.1, 0.15) is 12.1 Å². The second kappa shape index (κ2) is 22.6. The minimum absolute atomic E-state index is 0.0177. The van der Waals surface area contributed by atoms with Gasteiger partial charge < -0.3 is 30.2 Å². The number of halogens is 1. The average molecular weight is 963 g/mol. The Balaban J connectivity index is 0.719. The molecule has 71 heavy (non-hydrogen) atoms. The lowest BCUT2D eigenvalue weighted by Gasteiger charge is -2.40. The number of anilines is 1. The molecule has 0 radical (unpaired) electrons. The Morgan fingerprint density at radius 3 is 2.18 bits per heavy atom. The molecule has 3 aromatic heterocycles. The fraction of sp³-hybridized carbons (Fsp3) is 0.377. The smallest absolute Gasteiger partial charge is 0.274 e. The van der Waals surface area contributed by atoms with Crippen molar-refractivity contribution in [1.29, 1.82) is 0 Å². The van der Waals surface area contributed by atoms with Gasteiger partial charge in [-0.1, -0.05) is 55.5 Å². The van der Waals surface area contributed by atoms with Gasteiger partial charge in [0.15, 0.2) is 5.69 Å². The van der Waals surface area contributed by atoms with Crippen molar-refractivity contribution in [3.05, 3.63) is 148 Å². The highest BCUT2D eigenvalue weighted by atomic mass is 19.1. The molecule has 368 valence electrons. The molecule has 18 heteroatoms. The Kier molecular flexibility index (Phi) is 15.5. The Morgan fingerprint density at radius 2 is 1.45 bits per heavy atom. The van der Waals surface area contributed by atoms with E-state index in [1.807, 2.05) is 35.2 Å². The van der Waals surface area contributed by atoms with E-state index in [0.717, 1.165) is 68.8 Å². The number of fused-ring (bicyclic) bond motifs is 1. The molecule has 0 saturated carbocycles. The summed E-state index contributed by atoms with van der Waals surface area (Å²) < 4.78 is 15.1. The van der Waals surface area contributed by atoms with Gasteiger partial charge in [-0.15, -0.1) is 0 Å². The van der Waals surface area contributed by atoms with E-state index in [1.54, 1.807) is 52.5 Å². The molecule has 3 aliphatic rings. The Morgan fingerprint density at radius 1 is 0.746 bits per heavy atom. The van der Waals surface area contributed by atoms with Crippen molar-refractivity contribution in [2.24, 2.45) is 5.92 Å². The number of benzene rings is 3. The number of piperazine rings is 2. The van der Waals surface area contributed by atoms with E-state index in [1.165, 1.54) is 18.0 Å². The zero-order valence-corrected chi connectivity index (χ0v) is 40.0. The predicted octanol–water partition coefficient (Wildman–Crippen LogP) is 4.25. The third-order valence-corrected chi connectivity index (χ3v) is 13.9. The largest absolute Gasteiger partial charge is 0.338 e. The van der Waals surface area contributed by atoms with E-state index < -0.39 is 11.7 Å². The number of carbonyl (C=O) groups is 4. The van der Waals surface area contributed by atoms with Crippen LogP contribution >= 0.6 is 0 Å². The number of hydrogen-bond acceptors (Lipinski definition) is 12. The third kappa shape index (κ3) is 12.0. The summed E-state index contributed by atoms with van der Waals surface area (Å²) in [5, 5.41) is 14.0. The number of H-pyrrole nitrogens is 1. The van der Waals surface area contributed by atoms with Gasteiger partial charge in [-0.05, 0) is 72.2 Å². The lowest BCUT2D eigenvalue weighted by Crippen LogP contribution is -2.55. The van der Waals surface area contributed by atoms with Gasteiger partial charge in [0.05, 0.1) is 41.1 Å². The van der Waals surface area contributed by atoms with E-state index in [-0.39, 0.29) is 41.1 Å². The van der Waals surface area contributed by atoms with Crippen molar-refractivity contribution in [3.63, 3.8) is 0 Å². The van der Waals surface area contributed by atoms with Crippen molar-refractivity contribution >= 4 is 40.1 Å². The number of aromatic amines is 1. The maximum Gasteiger partial charge on any atom is 0.274 e. The van der Waals surface area contributed by atoms with Gasteiger partial charge in [0, 0.05) is 108 Å².